The van der Waals surface area contributed by atoms with Crippen molar-refractivity contribution >= 4 is 17.4 Å². The van der Waals surface area contributed by atoms with Crippen LogP contribution in [0.1, 0.15) is 6.42 Å². The summed E-state index contributed by atoms with van der Waals surface area (Å²) in [5.74, 6) is 2.50. The summed E-state index contributed by atoms with van der Waals surface area (Å²) >= 11 is 2.06. The molecule has 1 unspecified atom stereocenters. The van der Waals surface area contributed by atoms with Crippen molar-refractivity contribution in [3.05, 3.63) is 54.6 Å². The van der Waals surface area contributed by atoms with Crippen molar-refractivity contribution in [2.45, 2.75) is 12.5 Å². The number of hydrogen-bond donors (Lipinski definition) is 2. The molecule has 3 heteroatoms. The molecule has 1 heterocycles. The van der Waals surface area contributed by atoms with Crippen LogP contribution in [0.5, 0.6) is 0 Å². The number of nitrogens with one attached hydrogen (secondary N) is 2. The number of hydrogen-bond acceptors (Lipinski definition) is 3. The third-order valence-electron chi connectivity index (χ3n) is 3.81. The third-order valence-corrected chi connectivity index (χ3v) is 4.94. The molecule has 0 amide bonds. The first-order chi connectivity index (χ1) is 10.4. The van der Waals surface area contributed by atoms with E-state index in [4.69, 9.17) is 0 Å². The molecule has 2 nitrogen and oxygen atoms in total. The molecule has 110 valence electrons. The Labute approximate surface area is 131 Å². The molecule has 2 aromatic carbocycles. The van der Waals surface area contributed by atoms with Gasteiger partial charge >= 0.3 is 0 Å². The lowest BCUT2D eigenvalue weighted by Gasteiger charge is -2.23. The zero-order chi connectivity index (χ0) is 14.3. The van der Waals surface area contributed by atoms with E-state index in [0.29, 0.717) is 6.04 Å². The fraction of sp³-hybridized carbons (Fsp3) is 0.333. The molecular formula is C18H22N2S. The number of rotatable bonds is 5. The maximum Gasteiger partial charge on any atom is 0.0340 e. The van der Waals surface area contributed by atoms with Crippen LogP contribution in [0.4, 0.5) is 5.69 Å². The summed E-state index contributed by atoms with van der Waals surface area (Å²) in [6.07, 6.45) is 1.19. The zero-order valence-corrected chi connectivity index (χ0v) is 13.0. The quantitative estimate of drug-likeness (QED) is 0.876. The van der Waals surface area contributed by atoms with Crippen molar-refractivity contribution in [2.24, 2.45) is 0 Å². The summed E-state index contributed by atoms with van der Waals surface area (Å²) in [5.41, 5.74) is 3.75. The van der Waals surface area contributed by atoms with Crippen molar-refractivity contribution in [1.82, 2.24) is 5.32 Å². The first kappa shape index (κ1) is 14.5. The van der Waals surface area contributed by atoms with Gasteiger partial charge < -0.3 is 10.6 Å². The maximum absolute atomic E-state index is 3.58. The minimum Gasteiger partial charge on any atom is -0.385 e. The van der Waals surface area contributed by atoms with Crippen molar-refractivity contribution < 1.29 is 0 Å². The molecular weight excluding hydrogens is 276 g/mol. The van der Waals surface area contributed by atoms with Crippen LogP contribution >= 0.6 is 11.8 Å². The van der Waals surface area contributed by atoms with Gasteiger partial charge in [0.15, 0.2) is 0 Å². The average molecular weight is 298 g/mol. The smallest absolute Gasteiger partial charge is 0.0340 e. The summed E-state index contributed by atoms with van der Waals surface area (Å²) in [5, 5.41) is 7.10. The molecule has 1 aliphatic rings. The van der Waals surface area contributed by atoms with E-state index in [0.717, 1.165) is 13.1 Å². The Balaban J connectivity index is 1.50. The standard InChI is InChI=1S/C18H22N2S/c1-2-4-15(5-3-1)16-6-8-17(9-7-16)19-11-10-18-14-21-13-12-20-18/h1-9,18-20H,10-14H2. The molecule has 0 bridgehead atoms. The van der Waals surface area contributed by atoms with Gasteiger partial charge in [-0.25, -0.2) is 0 Å². The van der Waals surface area contributed by atoms with Gasteiger partial charge in [0.05, 0.1) is 0 Å². The Morgan fingerprint density at radius 1 is 1.00 bits per heavy atom. The van der Waals surface area contributed by atoms with E-state index in [1.54, 1.807) is 0 Å². The maximum atomic E-state index is 3.58. The van der Waals surface area contributed by atoms with Gasteiger partial charge in [0.1, 0.15) is 0 Å². The molecule has 1 fully saturated rings. The highest BCUT2D eigenvalue weighted by Crippen LogP contribution is 2.21. The van der Waals surface area contributed by atoms with E-state index in [1.807, 2.05) is 0 Å². The van der Waals surface area contributed by atoms with E-state index in [-0.39, 0.29) is 0 Å². The van der Waals surface area contributed by atoms with Crippen LogP contribution < -0.4 is 10.6 Å². The van der Waals surface area contributed by atoms with Gasteiger partial charge in [-0.1, -0.05) is 42.5 Å². The molecule has 0 spiro atoms. The molecule has 0 saturated carbocycles. The first-order valence-electron chi connectivity index (χ1n) is 7.62. The predicted molar refractivity (Wildman–Crippen MR) is 94.1 cm³/mol. The zero-order valence-electron chi connectivity index (χ0n) is 12.2. The highest BCUT2D eigenvalue weighted by atomic mass is 32.2. The third kappa shape index (κ3) is 4.26. The van der Waals surface area contributed by atoms with Crippen LogP contribution in [0, 0.1) is 0 Å². The lowest BCUT2D eigenvalue weighted by molar-refractivity contribution is 0.541. The van der Waals surface area contributed by atoms with Gasteiger partial charge in [0.2, 0.25) is 0 Å². The summed E-state index contributed by atoms with van der Waals surface area (Å²) in [6, 6.07) is 19.9. The van der Waals surface area contributed by atoms with E-state index >= 15 is 0 Å². The topological polar surface area (TPSA) is 24.1 Å². The Morgan fingerprint density at radius 3 is 2.48 bits per heavy atom. The Bertz CT molecular complexity index is 533. The van der Waals surface area contributed by atoms with Crippen molar-refractivity contribution in [3.8, 4) is 11.1 Å². The Morgan fingerprint density at radius 2 is 1.76 bits per heavy atom. The van der Waals surface area contributed by atoms with Crippen molar-refractivity contribution in [2.75, 3.05) is 29.9 Å². The molecule has 3 rings (SSSR count). The second-order valence-corrected chi connectivity index (χ2v) is 6.53. The summed E-state index contributed by atoms with van der Waals surface area (Å²) in [4.78, 5) is 0. The molecule has 0 aromatic heterocycles. The number of benzene rings is 2. The lowest BCUT2D eigenvalue weighted by Crippen LogP contribution is -2.38. The second-order valence-electron chi connectivity index (χ2n) is 5.38. The van der Waals surface area contributed by atoms with E-state index in [1.165, 1.54) is 34.7 Å². The van der Waals surface area contributed by atoms with Crippen LogP contribution in [0.3, 0.4) is 0 Å². The summed E-state index contributed by atoms with van der Waals surface area (Å²) in [7, 11) is 0. The van der Waals surface area contributed by atoms with E-state index < -0.39 is 0 Å². The molecule has 1 aliphatic heterocycles. The lowest BCUT2D eigenvalue weighted by atomic mass is 10.1. The van der Waals surface area contributed by atoms with Crippen LogP contribution in [-0.4, -0.2) is 30.6 Å². The van der Waals surface area contributed by atoms with Gasteiger partial charge in [-0.3, -0.25) is 0 Å². The summed E-state index contributed by atoms with van der Waals surface area (Å²) in [6.45, 7) is 2.18. The van der Waals surface area contributed by atoms with Crippen LogP contribution in [0.15, 0.2) is 54.6 Å². The minimum absolute atomic E-state index is 0.667. The molecule has 2 N–H and O–H groups in total. The molecule has 2 aromatic rings. The van der Waals surface area contributed by atoms with Gasteiger partial charge in [0, 0.05) is 36.3 Å². The van der Waals surface area contributed by atoms with Crippen molar-refractivity contribution in [3.63, 3.8) is 0 Å². The second kappa shape index (κ2) is 7.53. The number of thioether (sulfide) groups is 1. The Kier molecular flexibility index (Phi) is 5.19. The normalized spacial score (nSPS) is 18.4. The SMILES string of the molecule is c1ccc(-c2ccc(NCCC3CSCCN3)cc2)cc1. The molecule has 0 radical (unpaired) electrons. The highest BCUT2D eigenvalue weighted by Gasteiger charge is 2.11. The minimum atomic E-state index is 0.667. The van der Waals surface area contributed by atoms with E-state index in [9.17, 15) is 0 Å². The molecule has 0 aliphatic carbocycles. The van der Waals surface area contributed by atoms with Gasteiger partial charge in [0.25, 0.3) is 0 Å². The number of anilines is 1. The summed E-state index contributed by atoms with van der Waals surface area (Å²) < 4.78 is 0. The van der Waals surface area contributed by atoms with Gasteiger partial charge in [-0.2, -0.15) is 11.8 Å². The van der Waals surface area contributed by atoms with Gasteiger partial charge in [-0.05, 0) is 29.7 Å². The van der Waals surface area contributed by atoms with Gasteiger partial charge in [-0.15, -0.1) is 0 Å². The average Bonchev–Trinajstić information content (AvgIpc) is 2.57. The largest absolute Gasteiger partial charge is 0.385 e. The predicted octanol–water partition coefficient (Wildman–Crippen LogP) is 3.86. The molecule has 1 saturated heterocycles. The molecule has 21 heavy (non-hydrogen) atoms. The fourth-order valence-electron chi connectivity index (χ4n) is 2.61. The van der Waals surface area contributed by atoms with E-state index in [2.05, 4.69) is 77.0 Å². The highest BCUT2D eigenvalue weighted by molar-refractivity contribution is 7.99. The molecule has 1 atom stereocenters. The van der Waals surface area contributed by atoms with Crippen LogP contribution in [-0.2, 0) is 0 Å². The monoisotopic (exact) mass is 298 g/mol. The fourth-order valence-corrected chi connectivity index (χ4v) is 3.60. The van der Waals surface area contributed by atoms with Crippen LogP contribution in [0.2, 0.25) is 0 Å². The van der Waals surface area contributed by atoms with Crippen LogP contribution in [0.25, 0.3) is 11.1 Å². The van der Waals surface area contributed by atoms with Crippen molar-refractivity contribution in [1.29, 1.82) is 0 Å². The first-order valence-corrected chi connectivity index (χ1v) is 8.78. The Hall–Kier alpha value is -1.45.